The Bertz CT molecular complexity index is 812. The number of hydrogen-bond acceptors (Lipinski definition) is 4. The van der Waals surface area contributed by atoms with Gasteiger partial charge in [-0.3, -0.25) is 9.59 Å². The molecule has 0 unspecified atom stereocenters. The molecule has 5 heteroatoms. The predicted octanol–water partition coefficient (Wildman–Crippen LogP) is 4.08. The van der Waals surface area contributed by atoms with E-state index in [1.807, 2.05) is 19.1 Å². The summed E-state index contributed by atoms with van der Waals surface area (Å²) < 4.78 is 5.11. The van der Waals surface area contributed by atoms with Gasteiger partial charge < -0.3 is 10.1 Å². The third-order valence-electron chi connectivity index (χ3n) is 4.39. The molecule has 0 radical (unpaired) electrons. The first-order valence-electron chi connectivity index (χ1n) is 9.67. The van der Waals surface area contributed by atoms with Crippen molar-refractivity contribution in [1.82, 2.24) is 5.32 Å². The summed E-state index contributed by atoms with van der Waals surface area (Å²) in [6.07, 6.45) is 4.23. The maximum Gasteiger partial charge on any atom is 0.339 e. The monoisotopic (exact) mass is 381 g/mol. The minimum absolute atomic E-state index is 0.156. The van der Waals surface area contributed by atoms with Crippen molar-refractivity contribution < 1.29 is 19.1 Å². The van der Waals surface area contributed by atoms with Gasteiger partial charge in [0.2, 0.25) is 0 Å². The molecular formula is C23H27NO4. The summed E-state index contributed by atoms with van der Waals surface area (Å²) in [5.74, 6) is -1.28. The van der Waals surface area contributed by atoms with E-state index in [1.165, 1.54) is 6.07 Å². The van der Waals surface area contributed by atoms with Gasteiger partial charge in [0.25, 0.3) is 5.91 Å². The Morgan fingerprint density at radius 1 is 0.893 bits per heavy atom. The van der Waals surface area contributed by atoms with Gasteiger partial charge in [0, 0.05) is 17.7 Å². The minimum Gasteiger partial charge on any atom is -0.452 e. The highest BCUT2D eigenvalue weighted by Gasteiger charge is 2.19. The van der Waals surface area contributed by atoms with Crippen LogP contribution in [-0.4, -0.2) is 30.8 Å². The van der Waals surface area contributed by atoms with Crippen LogP contribution in [0.3, 0.4) is 0 Å². The van der Waals surface area contributed by atoms with Crippen molar-refractivity contribution in [1.29, 1.82) is 0 Å². The standard InChI is InChI=1S/C23H27NO4/c1-3-4-5-8-15-24-21(25)16-28-23(27)20-10-7-6-9-19(20)22(26)18-13-11-17(2)12-14-18/h6-7,9-14H,3-5,8,15-16H2,1-2H3,(H,24,25). The summed E-state index contributed by atoms with van der Waals surface area (Å²) in [7, 11) is 0. The molecule has 1 amide bonds. The third kappa shape index (κ3) is 6.34. The highest BCUT2D eigenvalue weighted by Crippen LogP contribution is 2.16. The van der Waals surface area contributed by atoms with Crippen molar-refractivity contribution >= 4 is 17.7 Å². The lowest BCUT2D eigenvalue weighted by molar-refractivity contribution is -0.124. The van der Waals surface area contributed by atoms with Crippen LogP contribution >= 0.6 is 0 Å². The fourth-order valence-corrected chi connectivity index (χ4v) is 2.76. The maximum atomic E-state index is 12.8. The molecule has 5 nitrogen and oxygen atoms in total. The molecule has 2 rings (SSSR count). The predicted molar refractivity (Wildman–Crippen MR) is 108 cm³/mol. The van der Waals surface area contributed by atoms with Crippen molar-refractivity contribution in [3.05, 3.63) is 70.8 Å². The van der Waals surface area contributed by atoms with Gasteiger partial charge in [-0.25, -0.2) is 4.79 Å². The van der Waals surface area contributed by atoms with Crippen molar-refractivity contribution in [2.45, 2.75) is 39.5 Å². The van der Waals surface area contributed by atoms with Gasteiger partial charge in [-0.2, -0.15) is 0 Å². The number of ether oxygens (including phenoxy) is 1. The second-order valence-electron chi connectivity index (χ2n) is 6.73. The van der Waals surface area contributed by atoms with E-state index < -0.39 is 5.97 Å². The number of unbranched alkanes of at least 4 members (excludes halogenated alkanes) is 3. The number of amides is 1. The second kappa shape index (κ2) is 11.0. The summed E-state index contributed by atoms with van der Waals surface area (Å²) in [5, 5.41) is 2.73. The normalized spacial score (nSPS) is 10.4. The van der Waals surface area contributed by atoms with Crippen molar-refractivity contribution in [3.63, 3.8) is 0 Å². The average molecular weight is 381 g/mol. The molecule has 0 bridgehead atoms. The zero-order valence-electron chi connectivity index (χ0n) is 16.5. The molecule has 1 N–H and O–H groups in total. The number of carbonyl (C=O) groups excluding carboxylic acids is 3. The van der Waals surface area contributed by atoms with Gasteiger partial charge in [-0.15, -0.1) is 0 Å². The van der Waals surface area contributed by atoms with Crippen LogP contribution in [0.1, 0.15) is 64.4 Å². The van der Waals surface area contributed by atoms with Crippen LogP contribution in [0.5, 0.6) is 0 Å². The van der Waals surface area contributed by atoms with Crippen LogP contribution < -0.4 is 5.32 Å². The summed E-state index contributed by atoms with van der Waals surface area (Å²) in [6.45, 7) is 4.27. The maximum absolute atomic E-state index is 12.8. The van der Waals surface area contributed by atoms with Gasteiger partial charge in [-0.1, -0.05) is 74.2 Å². The third-order valence-corrected chi connectivity index (χ3v) is 4.39. The first-order valence-corrected chi connectivity index (χ1v) is 9.67. The van der Waals surface area contributed by atoms with E-state index in [0.717, 1.165) is 31.2 Å². The number of ketones is 1. The van der Waals surface area contributed by atoms with Crippen LogP contribution in [0, 0.1) is 6.92 Å². The summed E-state index contributed by atoms with van der Waals surface area (Å²) in [6, 6.07) is 13.6. The van der Waals surface area contributed by atoms with Crippen LogP contribution in [0.25, 0.3) is 0 Å². The molecule has 0 atom stereocenters. The molecule has 0 aromatic heterocycles. The van der Waals surface area contributed by atoms with E-state index in [1.54, 1.807) is 30.3 Å². The van der Waals surface area contributed by atoms with Gasteiger partial charge in [0.1, 0.15) is 0 Å². The Hall–Kier alpha value is -2.95. The first-order chi connectivity index (χ1) is 13.5. The number of esters is 1. The smallest absolute Gasteiger partial charge is 0.339 e. The molecule has 0 spiro atoms. The molecule has 0 aliphatic carbocycles. The van der Waals surface area contributed by atoms with Crippen LogP contribution in [0.2, 0.25) is 0 Å². The number of benzene rings is 2. The van der Waals surface area contributed by atoms with E-state index in [4.69, 9.17) is 4.74 Å². The van der Waals surface area contributed by atoms with Crippen molar-refractivity contribution in [2.24, 2.45) is 0 Å². The SMILES string of the molecule is CCCCCCNC(=O)COC(=O)c1ccccc1C(=O)c1ccc(C)cc1. The molecule has 0 saturated heterocycles. The van der Waals surface area contributed by atoms with Crippen molar-refractivity contribution in [2.75, 3.05) is 13.2 Å². The summed E-state index contributed by atoms with van der Waals surface area (Å²) >= 11 is 0. The van der Waals surface area contributed by atoms with Crippen molar-refractivity contribution in [3.8, 4) is 0 Å². The molecular weight excluding hydrogens is 354 g/mol. The number of nitrogens with one attached hydrogen (secondary N) is 1. The lowest BCUT2D eigenvalue weighted by Crippen LogP contribution is -2.29. The highest BCUT2D eigenvalue weighted by molar-refractivity contribution is 6.14. The van der Waals surface area contributed by atoms with E-state index in [0.29, 0.717) is 12.1 Å². The lowest BCUT2D eigenvalue weighted by Gasteiger charge is -2.10. The second-order valence-corrected chi connectivity index (χ2v) is 6.73. The fourth-order valence-electron chi connectivity index (χ4n) is 2.76. The highest BCUT2D eigenvalue weighted by atomic mass is 16.5. The summed E-state index contributed by atoms with van der Waals surface area (Å²) in [4.78, 5) is 37.0. The van der Waals surface area contributed by atoms with Gasteiger partial charge in [0.15, 0.2) is 12.4 Å². The Morgan fingerprint density at radius 3 is 2.25 bits per heavy atom. The molecule has 2 aromatic rings. The van der Waals surface area contributed by atoms with Gasteiger partial charge in [-0.05, 0) is 19.4 Å². The van der Waals surface area contributed by atoms with Crippen LogP contribution in [0.15, 0.2) is 48.5 Å². The Kier molecular flexibility index (Phi) is 8.40. The molecule has 148 valence electrons. The molecule has 28 heavy (non-hydrogen) atoms. The lowest BCUT2D eigenvalue weighted by atomic mass is 9.98. The van der Waals surface area contributed by atoms with Crippen LogP contribution in [-0.2, 0) is 9.53 Å². The van der Waals surface area contributed by atoms with E-state index in [-0.39, 0.29) is 29.4 Å². The number of carbonyl (C=O) groups is 3. The zero-order chi connectivity index (χ0) is 20.4. The minimum atomic E-state index is -0.683. The Morgan fingerprint density at radius 2 is 1.57 bits per heavy atom. The van der Waals surface area contributed by atoms with E-state index in [9.17, 15) is 14.4 Å². The zero-order valence-corrected chi connectivity index (χ0v) is 16.5. The number of aryl methyl sites for hydroxylation is 1. The Balaban J connectivity index is 1.96. The molecule has 0 fully saturated rings. The van der Waals surface area contributed by atoms with E-state index >= 15 is 0 Å². The van der Waals surface area contributed by atoms with Gasteiger partial charge in [0.05, 0.1) is 5.56 Å². The molecule has 0 aliphatic heterocycles. The molecule has 2 aromatic carbocycles. The van der Waals surface area contributed by atoms with Gasteiger partial charge >= 0.3 is 5.97 Å². The fraction of sp³-hybridized carbons (Fsp3) is 0.348. The number of hydrogen-bond donors (Lipinski definition) is 1. The van der Waals surface area contributed by atoms with Crippen LogP contribution in [0.4, 0.5) is 0 Å². The quantitative estimate of drug-likeness (QED) is 0.382. The topological polar surface area (TPSA) is 72.5 Å². The largest absolute Gasteiger partial charge is 0.452 e. The molecule has 0 heterocycles. The first kappa shape index (κ1) is 21.4. The summed E-state index contributed by atoms with van der Waals surface area (Å²) in [5.41, 5.74) is 1.96. The molecule has 0 saturated carbocycles. The Labute approximate surface area is 166 Å². The molecule has 0 aliphatic rings. The number of rotatable bonds is 10. The van der Waals surface area contributed by atoms with E-state index in [2.05, 4.69) is 12.2 Å². The average Bonchev–Trinajstić information content (AvgIpc) is 2.72.